The van der Waals surface area contributed by atoms with Crippen LogP contribution in [-0.2, 0) is 19.1 Å². The minimum absolute atomic E-state index is 0.0421. The summed E-state index contributed by atoms with van der Waals surface area (Å²) in [4.78, 5) is 31.7. The number of ether oxygens (including phenoxy) is 1. The molecule has 1 fully saturated rings. The molecule has 154 valence electrons. The summed E-state index contributed by atoms with van der Waals surface area (Å²) in [6, 6.07) is -0.731. The van der Waals surface area contributed by atoms with Crippen LogP contribution in [0.3, 0.4) is 0 Å². The maximum Gasteiger partial charge on any atom is 0.320 e. The molecule has 0 aliphatic carbocycles. The molecule has 3 atom stereocenters. The average Bonchev–Trinajstić information content (AvgIpc) is 3.12. The quantitative estimate of drug-likeness (QED) is 0.322. The van der Waals surface area contributed by atoms with Gasteiger partial charge in [0.15, 0.2) is 0 Å². The van der Waals surface area contributed by atoms with Crippen LogP contribution in [0.25, 0.3) is 0 Å². The maximum atomic E-state index is 11.0. The Bertz CT molecular complexity index is 563. The summed E-state index contributed by atoms with van der Waals surface area (Å²) in [6.07, 6.45) is 7.57. The Labute approximate surface area is 157 Å². The molecule has 27 heavy (non-hydrogen) atoms. The number of hydrogen-bond donors (Lipinski definition) is 6. The summed E-state index contributed by atoms with van der Waals surface area (Å²) in [5.41, 5.74) is 15.2. The Morgan fingerprint density at radius 1 is 1.33 bits per heavy atom. The van der Waals surface area contributed by atoms with Crippen LogP contribution in [-0.4, -0.2) is 69.6 Å². The molecule has 2 aliphatic rings. The molecule has 0 aromatic rings. The van der Waals surface area contributed by atoms with Crippen LogP contribution >= 0.6 is 0 Å². The van der Waals surface area contributed by atoms with Crippen molar-refractivity contribution < 1.29 is 34.4 Å². The summed E-state index contributed by atoms with van der Waals surface area (Å²) < 4.78 is 5.61. The van der Waals surface area contributed by atoms with E-state index in [-0.39, 0.29) is 25.5 Å². The lowest BCUT2D eigenvalue weighted by molar-refractivity contribution is -0.138. The Morgan fingerprint density at radius 3 is 2.26 bits per heavy atom. The molecule has 0 spiro atoms. The molecule has 0 radical (unpaired) electrons. The molecule has 0 bridgehead atoms. The Hall–Kier alpha value is -2.47. The SMILES string of the molecule is CC(N)C(=O)O.NC(=O)C1=CN(C2CCC(CO)O2)C=CC1.NCC(=O)O. The number of carboxylic acids is 2. The highest BCUT2D eigenvalue weighted by molar-refractivity contribution is 5.92. The lowest BCUT2D eigenvalue weighted by Gasteiger charge is -2.26. The van der Waals surface area contributed by atoms with Crippen molar-refractivity contribution in [1.29, 1.82) is 0 Å². The second-order valence-corrected chi connectivity index (χ2v) is 5.75. The Kier molecular flexibility index (Phi) is 11.6. The van der Waals surface area contributed by atoms with Gasteiger partial charge in [-0.3, -0.25) is 14.4 Å². The second kappa shape index (κ2) is 12.8. The monoisotopic (exact) mass is 388 g/mol. The number of primary amides is 1. The summed E-state index contributed by atoms with van der Waals surface area (Å²) in [5.74, 6) is -2.33. The van der Waals surface area contributed by atoms with E-state index in [9.17, 15) is 14.4 Å². The molecule has 3 unspecified atom stereocenters. The number of amides is 1. The van der Waals surface area contributed by atoms with Crippen LogP contribution in [0.4, 0.5) is 0 Å². The van der Waals surface area contributed by atoms with E-state index in [4.69, 9.17) is 31.5 Å². The first kappa shape index (κ1) is 24.5. The van der Waals surface area contributed by atoms with Crippen molar-refractivity contribution in [2.24, 2.45) is 17.2 Å². The van der Waals surface area contributed by atoms with Gasteiger partial charge in [0.2, 0.25) is 5.91 Å². The van der Waals surface area contributed by atoms with Gasteiger partial charge < -0.3 is 42.2 Å². The molecule has 0 aromatic carbocycles. The number of carbonyl (C=O) groups excluding carboxylic acids is 1. The smallest absolute Gasteiger partial charge is 0.320 e. The fraction of sp³-hybridized carbons (Fsp3) is 0.562. The molecule has 1 saturated heterocycles. The highest BCUT2D eigenvalue weighted by Gasteiger charge is 2.28. The zero-order valence-corrected chi connectivity index (χ0v) is 15.2. The molecule has 11 heteroatoms. The predicted molar refractivity (Wildman–Crippen MR) is 95.8 cm³/mol. The third-order valence-electron chi connectivity index (χ3n) is 3.42. The molecule has 11 nitrogen and oxygen atoms in total. The first-order chi connectivity index (χ1) is 12.6. The van der Waals surface area contributed by atoms with Crippen LogP contribution < -0.4 is 17.2 Å². The van der Waals surface area contributed by atoms with E-state index in [2.05, 4.69) is 5.73 Å². The number of hydrogen-bond acceptors (Lipinski definition) is 8. The Balaban J connectivity index is 0.000000511. The van der Waals surface area contributed by atoms with Gasteiger partial charge in [-0.15, -0.1) is 0 Å². The normalized spacial score (nSPS) is 21.8. The van der Waals surface area contributed by atoms with Crippen LogP contribution in [0.2, 0.25) is 0 Å². The van der Waals surface area contributed by atoms with Gasteiger partial charge in [0.25, 0.3) is 0 Å². The standard InChI is InChI=1S/C11H16N2O3.C3H7NO2.C2H5NO2/c12-11(15)8-2-1-5-13(6-8)10-4-3-9(7-14)16-10;1-2(4)3(5)6;3-1-2(4)5/h1,5-6,9-10,14H,2-4,7H2,(H2,12,15);2H,4H2,1H3,(H,5,6);1,3H2,(H,4,5). The Morgan fingerprint density at radius 2 is 1.89 bits per heavy atom. The largest absolute Gasteiger partial charge is 0.480 e. The van der Waals surface area contributed by atoms with Crippen molar-refractivity contribution in [3.05, 3.63) is 24.0 Å². The minimum atomic E-state index is -0.968. The number of nitrogens with zero attached hydrogens (tertiary/aromatic N) is 1. The number of aliphatic hydroxyl groups excluding tert-OH is 1. The third kappa shape index (κ3) is 10.3. The molecule has 2 aliphatic heterocycles. The summed E-state index contributed by atoms with van der Waals surface area (Å²) in [7, 11) is 0. The zero-order chi connectivity index (χ0) is 21.0. The summed E-state index contributed by atoms with van der Waals surface area (Å²) >= 11 is 0. The topological polar surface area (TPSA) is 202 Å². The van der Waals surface area contributed by atoms with Crippen molar-refractivity contribution in [2.45, 2.75) is 44.6 Å². The van der Waals surface area contributed by atoms with Crippen molar-refractivity contribution in [3.63, 3.8) is 0 Å². The summed E-state index contributed by atoms with van der Waals surface area (Å²) in [5, 5.41) is 24.4. The van der Waals surface area contributed by atoms with Crippen molar-refractivity contribution in [2.75, 3.05) is 13.2 Å². The molecule has 9 N–H and O–H groups in total. The number of carbonyl (C=O) groups is 3. The molecule has 0 aromatic heterocycles. The fourth-order valence-electron chi connectivity index (χ4n) is 1.96. The molecule has 1 amide bonds. The van der Waals surface area contributed by atoms with Gasteiger partial charge in [-0.25, -0.2) is 0 Å². The lowest BCUT2D eigenvalue weighted by Crippen LogP contribution is -2.30. The van der Waals surface area contributed by atoms with Gasteiger partial charge >= 0.3 is 11.9 Å². The summed E-state index contributed by atoms with van der Waals surface area (Å²) in [6.45, 7) is 1.18. The fourth-order valence-corrected chi connectivity index (χ4v) is 1.96. The lowest BCUT2D eigenvalue weighted by atomic mass is 10.1. The van der Waals surface area contributed by atoms with Gasteiger partial charge in [0.05, 0.1) is 19.3 Å². The number of carboxylic acid groups (broad SMARTS) is 2. The number of allylic oxidation sites excluding steroid dienone is 1. The number of rotatable bonds is 5. The van der Waals surface area contributed by atoms with Crippen molar-refractivity contribution in [1.82, 2.24) is 4.90 Å². The average molecular weight is 388 g/mol. The van der Waals surface area contributed by atoms with E-state index in [0.29, 0.717) is 12.0 Å². The van der Waals surface area contributed by atoms with Gasteiger partial charge in [-0.05, 0) is 26.2 Å². The predicted octanol–water partition coefficient (Wildman–Crippen LogP) is -1.48. The first-order valence-corrected chi connectivity index (χ1v) is 8.23. The molecule has 2 heterocycles. The van der Waals surface area contributed by atoms with Gasteiger partial charge in [0.1, 0.15) is 12.3 Å². The second-order valence-electron chi connectivity index (χ2n) is 5.75. The maximum absolute atomic E-state index is 11.0. The van der Waals surface area contributed by atoms with Crippen LogP contribution in [0.15, 0.2) is 24.0 Å². The highest BCUT2D eigenvalue weighted by Crippen LogP contribution is 2.25. The number of aliphatic hydroxyl groups is 1. The highest BCUT2D eigenvalue weighted by atomic mass is 16.5. The number of nitrogens with two attached hydrogens (primary N) is 3. The van der Waals surface area contributed by atoms with E-state index < -0.39 is 23.9 Å². The van der Waals surface area contributed by atoms with E-state index in [1.54, 1.807) is 6.20 Å². The third-order valence-corrected chi connectivity index (χ3v) is 3.42. The zero-order valence-electron chi connectivity index (χ0n) is 15.2. The van der Waals surface area contributed by atoms with Crippen LogP contribution in [0.5, 0.6) is 0 Å². The van der Waals surface area contributed by atoms with Gasteiger partial charge in [-0.1, -0.05) is 6.08 Å². The van der Waals surface area contributed by atoms with Crippen LogP contribution in [0.1, 0.15) is 26.2 Å². The number of aliphatic carboxylic acids is 2. The van der Waals surface area contributed by atoms with E-state index in [0.717, 1.165) is 12.8 Å². The van der Waals surface area contributed by atoms with Gasteiger partial charge in [-0.2, -0.15) is 0 Å². The van der Waals surface area contributed by atoms with Crippen LogP contribution in [0, 0.1) is 0 Å². The molecule has 2 rings (SSSR count). The van der Waals surface area contributed by atoms with Crippen molar-refractivity contribution in [3.8, 4) is 0 Å². The first-order valence-electron chi connectivity index (χ1n) is 8.23. The molecule has 0 saturated carbocycles. The van der Waals surface area contributed by atoms with E-state index in [1.165, 1.54) is 6.92 Å². The van der Waals surface area contributed by atoms with Crippen molar-refractivity contribution >= 4 is 17.8 Å². The van der Waals surface area contributed by atoms with E-state index in [1.807, 2.05) is 17.2 Å². The molecular formula is C16H28N4O7. The molecular weight excluding hydrogens is 360 g/mol. The van der Waals surface area contributed by atoms with E-state index >= 15 is 0 Å². The minimum Gasteiger partial charge on any atom is -0.480 e. The van der Waals surface area contributed by atoms with Gasteiger partial charge in [0, 0.05) is 18.0 Å².